The second-order valence-electron chi connectivity index (χ2n) is 25.8. The molecule has 0 fully saturated rings. The number of carbonyl (C=O) groups is 6. The fourth-order valence-corrected chi connectivity index (χ4v) is 15.6. The molecular weight excluding hydrogens is 1710 g/mol. The lowest BCUT2D eigenvalue weighted by Gasteiger charge is -2.16. The number of nitrogens with zero attached hydrogens (tertiary/aromatic N) is 5. The lowest BCUT2D eigenvalue weighted by molar-refractivity contribution is -0.130. The van der Waals surface area contributed by atoms with Crippen molar-refractivity contribution in [2.24, 2.45) is 0 Å². The highest BCUT2D eigenvalue weighted by molar-refractivity contribution is 7.16. The topological polar surface area (TPSA) is 513 Å². The standard InChI is InChI=1S/C23H17NO5S.C20H13NO3S.C17H13NO5S.C17H13NO3S.C12H11NO3S.5CH4.3H2O/c25-16-8-6-14(10-19(16)28)18(27)12-21-24-22(15-7-9-17(26)20(29)11-15)23(30-21)13-4-2-1-3-5-13;22-19-14-8-4-5-9-17(14)24-20(23)15(19)10-11-18-21-16(12-25-18)13-6-2-1-3-7-13;19-12-3-1-9(5-15(12)22)11-8-24-17(18-11)7-14(21)10-2-4-13(20)16(23)6-10;19-14-7-6-12(8-16(14)21)13-10-22-17(18-13)9-15(20)11-4-2-1-3-5-11;1-7(14)4-12-13-9(6-17-12)8-2-3-10(15)11(16)5-8;;;;;;;;/h1-11,25-26,28-29H,12H2;1-10,12H,11H2;1-6,8,19-20,22-23H,7H2;1-8,10,19,21H,9H2;2-3,5-6,15-16H,4H2,1H3;5*1H4;3*1H2/b;15-10-;;;;;;;;;;;. The van der Waals surface area contributed by atoms with Gasteiger partial charge in [-0.05, 0) is 134 Å². The number of allylic oxidation sites excluding steroid dienone is 1. The fraction of sp³-hybridized carbons (Fsp3) is 0.117. The van der Waals surface area contributed by atoms with Crippen LogP contribution in [0.3, 0.4) is 0 Å². The Labute approximate surface area is 745 Å². The van der Waals surface area contributed by atoms with Crippen molar-refractivity contribution in [3.63, 3.8) is 0 Å². The van der Waals surface area contributed by atoms with Crippen LogP contribution < -0.4 is 4.74 Å². The predicted molar refractivity (Wildman–Crippen MR) is 494 cm³/mol. The van der Waals surface area contributed by atoms with E-state index in [9.17, 15) is 90.0 Å². The number of hydrogen-bond acceptors (Lipinski definition) is 29. The van der Waals surface area contributed by atoms with Gasteiger partial charge in [0.15, 0.2) is 86.3 Å². The number of phenolic OH excluding ortho intramolecular Hbond substituents is 12. The van der Waals surface area contributed by atoms with Crippen LogP contribution in [0.1, 0.15) is 111 Å². The lowest BCUT2D eigenvalue weighted by atomic mass is 9.99. The third kappa shape index (κ3) is 26.7. The zero-order valence-electron chi connectivity index (χ0n) is 63.3. The van der Waals surface area contributed by atoms with Crippen LogP contribution in [0, 0.1) is 0 Å². The quantitative estimate of drug-likeness (QED) is 0.00893. The number of thiazole rings is 5. The van der Waals surface area contributed by atoms with Gasteiger partial charge in [0.25, 0.3) is 0 Å². The van der Waals surface area contributed by atoms with E-state index in [0.717, 1.165) is 36.7 Å². The maximum Gasteiger partial charge on any atom is 0.347 e. The smallest absolute Gasteiger partial charge is 0.347 e. The second kappa shape index (κ2) is 47.7. The average Bonchev–Trinajstić information content (AvgIpc) is 1.02. The number of aromatic hydroxyl groups is 12. The molecule has 18 N–H and O–H groups in total. The molecule has 0 unspecified atom stereocenters. The normalized spacial score (nSPS) is 10.8. The van der Waals surface area contributed by atoms with E-state index >= 15 is 0 Å². The first-order valence-electron chi connectivity index (χ1n) is 35.5. The van der Waals surface area contributed by atoms with E-state index in [1.54, 1.807) is 72.1 Å². The van der Waals surface area contributed by atoms with E-state index in [0.29, 0.717) is 84.8 Å². The van der Waals surface area contributed by atoms with Gasteiger partial charge in [0.1, 0.15) is 37.1 Å². The van der Waals surface area contributed by atoms with Gasteiger partial charge >= 0.3 is 5.97 Å². The van der Waals surface area contributed by atoms with Gasteiger partial charge in [-0.1, -0.05) is 146 Å². The molecule has 0 radical (unpaired) electrons. The minimum Gasteiger partial charge on any atom is -0.504 e. The number of phenols is 12. The molecule has 32 heteroatoms. The molecule has 0 spiro atoms. The first-order chi connectivity index (χ1) is 56.8. The fourth-order valence-electron chi connectivity index (χ4n) is 11.3. The molecule has 0 bridgehead atoms. The summed E-state index contributed by atoms with van der Waals surface area (Å²) in [5, 5.41) is 124. The van der Waals surface area contributed by atoms with E-state index < -0.39 is 5.97 Å². The monoisotopic (exact) mass is 1800 g/mol. The highest BCUT2D eigenvalue weighted by atomic mass is 32.1. The van der Waals surface area contributed by atoms with E-state index in [-0.39, 0.29) is 187 Å². The minimum absolute atomic E-state index is 0. The number of aromatic nitrogens is 5. The molecular formula is C94H93N5O22S5. The van der Waals surface area contributed by atoms with Crippen molar-refractivity contribution in [1.82, 2.24) is 24.9 Å². The van der Waals surface area contributed by atoms with E-state index in [1.165, 1.54) is 149 Å². The Morgan fingerprint density at radius 1 is 0.333 bits per heavy atom. The number of hydrogen-bond donors (Lipinski definition) is 12. The van der Waals surface area contributed by atoms with Crippen LogP contribution in [0.15, 0.2) is 258 Å². The third-order valence-electron chi connectivity index (χ3n) is 17.4. The van der Waals surface area contributed by atoms with Gasteiger partial charge in [-0.25, -0.2) is 29.7 Å². The lowest BCUT2D eigenvalue weighted by Crippen LogP contribution is -2.25. The number of ketones is 5. The van der Waals surface area contributed by atoms with E-state index in [1.807, 2.05) is 95.0 Å². The summed E-state index contributed by atoms with van der Waals surface area (Å²) >= 11 is 6.97. The van der Waals surface area contributed by atoms with Crippen molar-refractivity contribution < 1.29 is 111 Å². The van der Waals surface area contributed by atoms with Crippen LogP contribution in [-0.2, 0) is 41.7 Å². The highest BCUT2D eigenvalue weighted by Crippen LogP contribution is 2.42. The maximum absolute atomic E-state index is 12.7. The van der Waals surface area contributed by atoms with Crippen molar-refractivity contribution in [2.45, 2.75) is 76.2 Å². The van der Waals surface area contributed by atoms with Gasteiger partial charge < -0.3 is 82.4 Å². The van der Waals surface area contributed by atoms with Crippen LogP contribution in [-0.4, -0.2) is 138 Å². The summed E-state index contributed by atoms with van der Waals surface area (Å²) in [6.07, 6.45) is 2.66. The number of rotatable bonds is 19. The SMILES string of the molecule is C.C.C.C.C.CC(=O)Cc1nc(-c2ccc(O)c(O)c2)cs1.O.O.O.O=C(Cc1nc(-c2ccc(O)c(O)c2)c(-c2ccccc2)s1)c1ccc(O)c(O)c1.O=C(Cc1nc(-c2ccc(O)c(O)c2)cs1)c1ccc(O)c(O)c1.O=C(Cc1nc(-c2ccc(O)c(O)c2)cs1)c1ccccc1.O=C1Oc2ccccc2C(=O)/C1=C/Cc1nc(-c2ccccc2)cs1. The van der Waals surface area contributed by atoms with Crippen LogP contribution in [0.4, 0.5) is 0 Å². The van der Waals surface area contributed by atoms with Crippen molar-refractivity contribution in [2.75, 3.05) is 0 Å². The highest BCUT2D eigenvalue weighted by Gasteiger charge is 2.31. The van der Waals surface area contributed by atoms with Crippen molar-refractivity contribution in [1.29, 1.82) is 0 Å². The van der Waals surface area contributed by atoms with E-state index in [4.69, 9.17) is 4.74 Å². The summed E-state index contributed by atoms with van der Waals surface area (Å²) in [7, 11) is 0. The number of benzene rings is 10. The number of Topliss-reactive ketones (excluding diaryl/α,β-unsaturated/α-hetero) is 5. The molecule has 1 aliphatic rings. The van der Waals surface area contributed by atoms with Crippen LogP contribution in [0.5, 0.6) is 74.7 Å². The number of esters is 1. The van der Waals surface area contributed by atoms with Crippen LogP contribution >= 0.6 is 56.7 Å². The van der Waals surface area contributed by atoms with Gasteiger partial charge in [-0.3, -0.25) is 24.0 Å². The van der Waals surface area contributed by atoms with Crippen LogP contribution in [0.25, 0.3) is 66.7 Å². The summed E-state index contributed by atoms with van der Waals surface area (Å²) in [5.41, 5.74) is 9.76. The first kappa shape index (κ1) is 104. The van der Waals surface area contributed by atoms with Gasteiger partial charge in [0.05, 0.1) is 69.6 Å². The molecule has 0 aliphatic carbocycles. The Morgan fingerprint density at radius 3 is 1.09 bits per heavy atom. The number of carbonyl (C=O) groups excluding carboxylic acids is 6. The zero-order chi connectivity index (χ0) is 83.7. The van der Waals surface area contributed by atoms with Gasteiger partial charge in [0, 0.05) is 72.4 Å². The number of ether oxygens (including phenoxy) is 1. The minimum atomic E-state index is -0.608. The third-order valence-corrected chi connectivity index (χ3v) is 21.9. The molecule has 0 amide bonds. The molecule has 5 aromatic heterocycles. The molecule has 126 heavy (non-hydrogen) atoms. The number of para-hydroxylation sites is 1. The average molecular weight is 1810 g/mol. The Hall–Kier alpha value is -14.6. The largest absolute Gasteiger partial charge is 0.504 e. The summed E-state index contributed by atoms with van der Waals surface area (Å²) in [6, 6.07) is 61.1. The molecule has 10 aromatic carbocycles. The van der Waals surface area contributed by atoms with E-state index in [2.05, 4.69) is 24.9 Å². The summed E-state index contributed by atoms with van der Waals surface area (Å²) in [5.74, 6) is -3.88. The zero-order valence-corrected chi connectivity index (χ0v) is 67.4. The second-order valence-corrected chi connectivity index (χ2v) is 30.7. The molecule has 15 aromatic rings. The molecule has 656 valence electrons. The predicted octanol–water partition coefficient (Wildman–Crippen LogP) is 18.6. The molecule has 0 saturated carbocycles. The summed E-state index contributed by atoms with van der Waals surface area (Å²) in [4.78, 5) is 95.7. The molecule has 0 saturated heterocycles. The Bertz CT molecular complexity index is 6250. The van der Waals surface area contributed by atoms with Crippen molar-refractivity contribution in [3.05, 3.63) is 305 Å². The molecule has 16 rings (SSSR count). The Balaban J connectivity index is 0.000000328. The number of fused-ring (bicyclic) bond motifs is 1. The van der Waals surface area contributed by atoms with Crippen molar-refractivity contribution in [3.8, 4) is 141 Å². The first-order valence-corrected chi connectivity index (χ1v) is 39.8. The Kier molecular flexibility index (Phi) is 39.3. The van der Waals surface area contributed by atoms with Gasteiger partial charge in [-0.15, -0.1) is 56.7 Å². The molecule has 27 nitrogen and oxygen atoms in total. The molecule has 1 aliphatic heterocycles. The Morgan fingerprint density at radius 2 is 0.667 bits per heavy atom. The summed E-state index contributed by atoms with van der Waals surface area (Å²) < 4.78 is 5.23. The van der Waals surface area contributed by atoms with Gasteiger partial charge in [0.2, 0.25) is 5.78 Å². The summed E-state index contributed by atoms with van der Waals surface area (Å²) in [6.45, 7) is 1.52. The van der Waals surface area contributed by atoms with Crippen LogP contribution in [0.2, 0.25) is 0 Å². The molecule has 0 atom stereocenters. The molecule has 6 heterocycles. The van der Waals surface area contributed by atoms with Crippen molar-refractivity contribution >= 4 is 91.6 Å². The maximum atomic E-state index is 12.7. The van der Waals surface area contributed by atoms with Gasteiger partial charge in [-0.2, -0.15) is 0 Å².